The topological polar surface area (TPSA) is 74.7 Å². The Bertz CT molecular complexity index is 575. The lowest BCUT2D eigenvalue weighted by Gasteiger charge is -2.09. The highest BCUT2D eigenvalue weighted by atomic mass is 32.2. The van der Waals surface area contributed by atoms with Crippen LogP contribution in [0.4, 0.5) is 4.39 Å². The molecular formula is C12H10FNO4S. The first-order valence-electron chi connectivity index (χ1n) is 5.40. The summed E-state index contributed by atoms with van der Waals surface area (Å²) in [6, 6.07) is 3.35. The second-order valence-corrected chi connectivity index (χ2v) is 5.30. The first kappa shape index (κ1) is 13.5. The van der Waals surface area contributed by atoms with Crippen molar-refractivity contribution in [2.45, 2.75) is 16.6 Å². The van der Waals surface area contributed by atoms with E-state index in [2.05, 4.69) is 0 Å². The molecule has 1 fully saturated rings. The van der Waals surface area contributed by atoms with Crippen LogP contribution in [0.25, 0.3) is 0 Å². The summed E-state index contributed by atoms with van der Waals surface area (Å²) in [7, 11) is 1.37. The average Bonchev–Trinajstić information content (AvgIpc) is 2.59. The number of halogens is 1. The Hall–Kier alpha value is -1.89. The van der Waals surface area contributed by atoms with Crippen molar-refractivity contribution in [1.29, 1.82) is 0 Å². The highest BCUT2D eigenvalue weighted by Gasteiger charge is 2.37. The lowest BCUT2D eigenvalue weighted by molar-refractivity contribution is -0.136. The molecule has 2 amide bonds. The van der Waals surface area contributed by atoms with Crippen LogP contribution < -0.4 is 0 Å². The summed E-state index contributed by atoms with van der Waals surface area (Å²) in [5, 5.41) is 8.14. The van der Waals surface area contributed by atoms with Crippen molar-refractivity contribution < 1.29 is 23.9 Å². The molecule has 19 heavy (non-hydrogen) atoms. The number of imide groups is 1. The van der Waals surface area contributed by atoms with Gasteiger partial charge in [0.25, 0.3) is 0 Å². The van der Waals surface area contributed by atoms with Gasteiger partial charge in [-0.2, -0.15) is 0 Å². The largest absolute Gasteiger partial charge is 0.478 e. The van der Waals surface area contributed by atoms with Crippen molar-refractivity contribution in [2.24, 2.45) is 0 Å². The number of hydrogen-bond acceptors (Lipinski definition) is 4. The molecule has 100 valence electrons. The fourth-order valence-corrected chi connectivity index (χ4v) is 2.86. The Morgan fingerprint density at radius 2 is 2.16 bits per heavy atom. The van der Waals surface area contributed by atoms with E-state index in [0.29, 0.717) is 0 Å². The predicted octanol–water partition coefficient (Wildman–Crippen LogP) is 1.37. The fraction of sp³-hybridized carbons (Fsp3) is 0.250. The Kier molecular flexibility index (Phi) is 3.57. The van der Waals surface area contributed by atoms with Crippen LogP contribution in [0.1, 0.15) is 16.8 Å². The highest BCUT2D eigenvalue weighted by molar-refractivity contribution is 8.00. The van der Waals surface area contributed by atoms with E-state index in [9.17, 15) is 18.8 Å². The van der Waals surface area contributed by atoms with Gasteiger partial charge in [0.15, 0.2) is 0 Å². The standard InChI is InChI=1S/C12H10FNO4S/c1-14-10(15)5-9(11(14)16)19-8-4-6(12(17)18)2-3-7(8)13/h2-4,9H,5H2,1H3,(H,17,18). The van der Waals surface area contributed by atoms with Gasteiger partial charge in [0.05, 0.1) is 10.8 Å². The van der Waals surface area contributed by atoms with E-state index < -0.39 is 22.9 Å². The number of carboxylic acids is 1. The molecule has 1 N–H and O–H groups in total. The predicted molar refractivity (Wildman–Crippen MR) is 65.4 cm³/mol. The fourth-order valence-electron chi connectivity index (χ4n) is 1.69. The van der Waals surface area contributed by atoms with Crippen molar-refractivity contribution in [3.8, 4) is 0 Å². The quantitative estimate of drug-likeness (QED) is 0.848. The Morgan fingerprint density at radius 3 is 2.68 bits per heavy atom. The van der Waals surface area contributed by atoms with E-state index in [0.717, 1.165) is 28.8 Å². The maximum absolute atomic E-state index is 13.6. The van der Waals surface area contributed by atoms with E-state index in [4.69, 9.17) is 5.11 Å². The molecule has 1 aromatic rings. The Balaban J connectivity index is 2.24. The molecule has 0 aliphatic carbocycles. The molecule has 1 aliphatic heterocycles. The summed E-state index contributed by atoms with van der Waals surface area (Å²) in [5.74, 6) is -2.50. The van der Waals surface area contributed by atoms with Crippen molar-refractivity contribution in [2.75, 3.05) is 7.05 Å². The van der Waals surface area contributed by atoms with Crippen LogP contribution in [-0.4, -0.2) is 40.1 Å². The van der Waals surface area contributed by atoms with Gasteiger partial charge < -0.3 is 5.11 Å². The van der Waals surface area contributed by atoms with E-state index in [1.54, 1.807) is 0 Å². The van der Waals surface area contributed by atoms with Gasteiger partial charge in [-0.1, -0.05) is 0 Å². The number of hydrogen-bond donors (Lipinski definition) is 1. The molecule has 1 atom stereocenters. The van der Waals surface area contributed by atoms with Gasteiger partial charge in [0.1, 0.15) is 5.82 Å². The number of benzene rings is 1. The number of carbonyl (C=O) groups is 3. The van der Waals surface area contributed by atoms with Gasteiger partial charge in [-0.05, 0) is 18.2 Å². The normalized spacial score (nSPS) is 19.1. The number of carbonyl (C=O) groups excluding carboxylic acids is 2. The molecule has 0 bridgehead atoms. The van der Waals surface area contributed by atoms with Crippen LogP contribution >= 0.6 is 11.8 Å². The van der Waals surface area contributed by atoms with E-state index >= 15 is 0 Å². The molecule has 1 heterocycles. The first-order chi connectivity index (χ1) is 8.90. The number of amides is 2. The number of aromatic carboxylic acids is 1. The molecule has 1 unspecified atom stereocenters. The van der Waals surface area contributed by atoms with Crippen molar-refractivity contribution in [3.63, 3.8) is 0 Å². The molecule has 0 saturated carbocycles. The third kappa shape index (κ3) is 2.60. The zero-order valence-corrected chi connectivity index (χ0v) is 10.7. The van der Waals surface area contributed by atoms with Gasteiger partial charge in [0.2, 0.25) is 11.8 Å². The number of rotatable bonds is 3. The first-order valence-corrected chi connectivity index (χ1v) is 6.28. The Morgan fingerprint density at radius 1 is 1.47 bits per heavy atom. The molecule has 1 aliphatic rings. The van der Waals surface area contributed by atoms with Gasteiger partial charge in [-0.25, -0.2) is 9.18 Å². The molecule has 0 aromatic heterocycles. The van der Waals surface area contributed by atoms with E-state index in [1.807, 2.05) is 0 Å². The zero-order chi connectivity index (χ0) is 14.2. The van der Waals surface area contributed by atoms with E-state index in [-0.39, 0.29) is 22.8 Å². The molecule has 1 aromatic carbocycles. The maximum Gasteiger partial charge on any atom is 0.335 e. The maximum atomic E-state index is 13.6. The summed E-state index contributed by atoms with van der Waals surface area (Å²) in [5.41, 5.74) is -0.0611. The summed E-state index contributed by atoms with van der Waals surface area (Å²) < 4.78 is 13.6. The monoisotopic (exact) mass is 283 g/mol. The Labute approximate surface area is 112 Å². The van der Waals surface area contributed by atoms with Crippen LogP contribution in [0, 0.1) is 5.82 Å². The van der Waals surface area contributed by atoms with Gasteiger partial charge >= 0.3 is 5.97 Å². The number of likely N-dealkylation sites (tertiary alicyclic amines) is 1. The minimum atomic E-state index is -1.17. The van der Waals surface area contributed by atoms with Crippen LogP contribution in [0.2, 0.25) is 0 Å². The van der Waals surface area contributed by atoms with Crippen LogP contribution in [0.5, 0.6) is 0 Å². The third-order valence-electron chi connectivity index (χ3n) is 2.79. The van der Waals surface area contributed by atoms with Crippen molar-refractivity contribution in [3.05, 3.63) is 29.6 Å². The average molecular weight is 283 g/mol. The number of thioether (sulfide) groups is 1. The van der Waals surface area contributed by atoms with Crippen molar-refractivity contribution >= 4 is 29.5 Å². The minimum absolute atomic E-state index is 0.00324. The molecule has 7 heteroatoms. The van der Waals surface area contributed by atoms with Gasteiger partial charge in [-0.15, -0.1) is 11.8 Å². The van der Waals surface area contributed by atoms with E-state index in [1.165, 1.54) is 13.1 Å². The van der Waals surface area contributed by atoms with Crippen LogP contribution in [-0.2, 0) is 9.59 Å². The highest BCUT2D eigenvalue weighted by Crippen LogP contribution is 2.33. The SMILES string of the molecule is CN1C(=O)CC(Sc2cc(C(=O)O)ccc2F)C1=O. The van der Waals surface area contributed by atoms with Gasteiger partial charge in [0, 0.05) is 18.4 Å². The van der Waals surface area contributed by atoms with Crippen molar-refractivity contribution in [1.82, 2.24) is 4.90 Å². The summed E-state index contributed by atoms with van der Waals surface area (Å²) in [6.07, 6.45) is -0.00324. The van der Waals surface area contributed by atoms with Gasteiger partial charge in [-0.3, -0.25) is 14.5 Å². The lowest BCUT2D eigenvalue weighted by atomic mass is 10.2. The smallest absolute Gasteiger partial charge is 0.335 e. The summed E-state index contributed by atoms with van der Waals surface area (Å²) in [6.45, 7) is 0. The zero-order valence-electron chi connectivity index (χ0n) is 9.92. The minimum Gasteiger partial charge on any atom is -0.478 e. The molecule has 2 rings (SSSR count). The number of carboxylic acid groups (broad SMARTS) is 1. The number of nitrogens with zero attached hydrogens (tertiary/aromatic N) is 1. The molecule has 0 radical (unpaired) electrons. The van der Waals surface area contributed by atoms with Crippen LogP contribution in [0.15, 0.2) is 23.1 Å². The second-order valence-electron chi connectivity index (χ2n) is 4.05. The molecule has 5 nitrogen and oxygen atoms in total. The molecule has 1 saturated heterocycles. The van der Waals surface area contributed by atoms with Crippen LogP contribution in [0.3, 0.4) is 0 Å². The molecule has 0 spiro atoms. The molecular weight excluding hydrogens is 273 g/mol. The summed E-state index contributed by atoms with van der Waals surface area (Å²) >= 11 is 0.875. The third-order valence-corrected chi connectivity index (χ3v) is 4.01. The summed E-state index contributed by atoms with van der Waals surface area (Å²) in [4.78, 5) is 34.9. The second kappa shape index (κ2) is 5.00. The lowest BCUT2D eigenvalue weighted by Crippen LogP contribution is -2.26.